The van der Waals surface area contributed by atoms with E-state index in [1.165, 1.54) is 11.1 Å². The highest BCUT2D eigenvalue weighted by molar-refractivity contribution is 5.64. The van der Waals surface area contributed by atoms with E-state index in [-0.39, 0.29) is 0 Å². The molecule has 1 atom stereocenters. The molecular formula is C23H23N3O3. The van der Waals surface area contributed by atoms with Crippen LogP contribution in [0.1, 0.15) is 18.1 Å². The first-order valence-electron chi connectivity index (χ1n) is 9.90. The Morgan fingerprint density at radius 1 is 0.897 bits per heavy atom. The van der Waals surface area contributed by atoms with Gasteiger partial charge in [-0.2, -0.15) is 0 Å². The molecule has 0 saturated heterocycles. The van der Waals surface area contributed by atoms with Crippen LogP contribution >= 0.6 is 0 Å². The predicted molar refractivity (Wildman–Crippen MR) is 109 cm³/mol. The van der Waals surface area contributed by atoms with Crippen LogP contribution in [-0.4, -0.2) is 40.7 Å². The van der Waals surface area contributed by atoms with Gasteiger partial charge in [-0.3, -0.25) is 4.90 Å². The van der Waals surface area contributed by atoms with Crippen LogP contribution in [0.2, 0.25) is 0 Å². The summed E-state index contributed by atoms with van der Waals surface area (Å²) in [5, 5.41) is 0. The van der Waals surface area contributed by atoms with Gasteiger partial charge in [-0.1, -0.05) is 12.1 Å². The van der Waals surface area contributed by atoms with E-state index in [0.717, 1.165) is 41.5 Å². The number of hydrogen-bond acceptors (Lipinski definition) is 6. The molecule has 0 saturated carbocycles. The molecule has 29 heavy (non-hydrogen) atoms. The Morgan fingerprint density at radius 3 is 2.55 bits per heavy atom. The second kappa shape index (κ2) is 7.72. The van der Waals surface area contributed by atoms with Crippen LogP contribution in [0, 0.1) is 0 Å². The minimum atomic E-state index is 0.291. The van der Waals surface area contributed by atoms with Crippen LogP contribution in [0.25, 0.3) is 11.1 Å². The number of fused-ring (bicyclic) bond motifs is 2. The standard InChI is InChI=1S/C23H23N3O3/c1-16-14-29-21-5-3-18(20-10-24-15-25-11-20)9-19(21)13-26(16)12-17-2-4-22-23(8-17)28-7-6-27-22/h2-5,8-11,15-16H,6-7,12-14H2,1H3. The van der Waals surface area contributed by atoms with Gasteiger partial charge in [0.15, 0.2) is 11.5 Å². The highest BCUT2D eigenvalue weighted by Crippen LogP contribution is 2.33. The second-order valence-corrected chi connectivity index (χ2v) is 7.49. The molecule has 148 valence electrons. The van der Waals surface area contributed by atoms with E-state index in [9.17, 15) is 0 Å². The van der Waals surface area contributed by atoms with Crippen LogP contribution in [0.15, 0.2) is 55.1 Å². The monoisotopic (exact) mass is 389 g/mol. The Balaban J connectivity index is 1.40. The van der Waals surface area contributed by atoms with Gasteiger partial charge in [0, 0.05) is 42.7 Å². The maximum absolute atomic E-state index is 6.09. The van der Waals surface area contributed by atoms with Crippen molar-refractivity contribution in [2.75, 3.05) is 19.8 Å². The molecule has 0 N–H and O–H groups in total. The first kappa shape index (κ1) is 17.9. The summed E-state index contributed by atoms with van der Waals surface area (Å²) in [5.74, 6) is 2.61. The number of rotatable bonds is 3. The van der Waals surface area contributed by atoms with Crippen molar-refractivity contribution in [3.05, 3.63) is 66.2 Å². The van der Waals surface area contributed by atoms with Gasteiger partial charge in [-0.15, -0.1) is 0 Å². The fourth-order valence-electron chi connectivity index (χ4n) is 3.79. The molecule has 0 amide bonds. The average molecular weight is 389 g/mol. The van der Waals surface area contributed by atoms with Crippen molar-refractivity contribution in [1.29, 1.82) is 0 Å². The van der Waals surface area contributed by atoms with Crippen LogP contribution < -0.4 is 14.2 Å². The van der Waals surface area contributed by atoms with Crippen LogP contribution in [-0.2, 0) is 13.1 Å². The Bertz CT molecular complexity index is 1010. The molecule has 0 fully saturated rings. The molecule has 0 bridgehead atoms. The molecule has 0 radical (unpaired) electrons. The summed E-state index contributed by atoms with van der Waals surface area (Å²) in [4.78, 5) is 10.7. The van der Waals surface area contributed by atoms with Gasteiger partial charge in [-0.25, -0.2) is 9.97 Å². The van der Waals surface area contributed by atoms with Gasteiger partial charge >= 0.3 is 0 Å². The number of ether oxygens (including phenoxy) is 3. The molecule has 5 rings (SSSR count). The van der Waals surface area contributed by atoms with E-state index in [1.54, 1.807) is 6.33 Å². The zero-order valence-electron chi connectivity index (χ0n) is 16.4. The van der Waals surface area contributed by atoms with E-state index >= 15 is 0 Å². The molecule has 2 aliphatic heterocycles. The van der Waals surface area contributed by atoms with Crippen LogP contribution in [0.5, 0.6) is 17.2 Å². The first-order chi connectivity index (χ1) is 14.3. The summed E-state index contributed by atoms with van der Waals surface area (Å²) >= 11 is 0. The smallest absolute Gasteiger partial charge is 0.161 e. The lowest BCUT2D eigenvalue weighted by Gasteiger charge is -2.27. The average Bonchev–Trinajstić information content (AvgIpc) is 2.92. The minimum absolute atomic E-state index is 0.291. The molecule has 2 aliphatic rings. The van der Waals surface area contributed by atoms with E-state index < -0.39 is 0 Å². The second-order valence-electron chi connectivity index (χ2n) is 7.49. The lowest BCUT2D eigenvalue weighted by Crippen LogP contribution is -2.34. The Morgan fingerprint density at radius 2 is 1.69 bits per heavy atom. The van der Waals surface area contributed by atoms with Gasteiger partial charge in [-0.05, 0) is 42.3 Å². The van der Waals surface area contributed by atoms with Crippen molar-refractivity contribution in [3.8, 4) is 28.4 Å². The molecule has 6 heteroatoms. The molecule has 3 aromatic rings. The lowest BCUT2D eigenvalue weighted by molar-refractivity contribution is 0.150. The largest absolute Gasteiger partial charge is 0.492 e. The molecule has 0 aliphatic carbocycles. The number of nitrogens with zero attached hydrogens (tertiary/aromatic N) is 3. The lowest BCUT2D eigenvalue weighted by atomic mass is 10.0. The first-order valence-corrected chi connectivity index (χ1v) is 9.90. The van der Waals surface area contributed by atoms with E-state index in [0.29, 0.717) is 25.9 Å². The third-order valence-corrected chi connectivity index (χ3v) is 5.42. The maximum atomic E-state index is 6.09. The van der Waals surface area contributed by atoms with Crippen molar-refractivity contribution < 1.29 is 14.2 Å². The van der Waals surface area contributed by atoms with Crippen molar-refractivity contribution >= 4 is 0 Å². The molecule has 6 nitrogen and oxygen atoms in total. The van der Waals surface area contributed by atoms with Crippen LogP contribution in [0.4, 0.5) is 0 Å². The van der Waals surface area contributed by atoms with Gasteiger partial charge < -0.3 is 14.2 Å². The van der Waals surface area contributed by atoms with Gasteiger partial charge in [0.05, 0.1) is 0 Å². The van der Waals surface area contributed by atoms with Crippen molar-refractivity contribution in [2.24, 2.45) is 0 Å². The molecule has 1 unspecified atom stereocenters. The topological polar surface area (TPSA) is 56.7 Å². The zero-order chi connectivity index (χ0) is 19.6. The van der Waals surface area contributed by atoms with E-state index in [4.69, 9.17) is 14.2 Å². The highest BCUT2D eigenvalue weighted by atomic mass is 16.6. The van der Waals surface area contributed by atoms with Gasteiger partial charge in [0.25, 0.3) is 0 Å². The molecular weight excluding hydrogens is 366 g/mol. The summed E-state index contributed by atoms with van der Waals surface area (Å²) in [6.45, 7) is 5.70. The van der Waals surface area contributed by atoms with Gasteiger partial charge in [0.1, 0.15) is 31.9 Å². The molecule has 0 spiro atoms. The summed E-state index contributed by atoms with van der Waals surface area (Å²) in [5.41, 5.74) is 4.48. The Kier molecular flexibility index (Phi) is 4.77. The van der Waals surface area contributed by atoms with Crippen molar-refractivity contribution in [3.63, 3.8) is 0 Å². The number of aromatic nitrogens is 2. The molecule has 2 aromatic carbocycles. The van der Waals surface area contributed by atoms with E-state index in [1.807, 2.05) is 18.5 Å². The summed E-state index contributed by atoms with van der Waals surface area (Å²) in [6, 6.07) is 12.8. The Hall–Kier alpha value is -3.12. The molecule has 3 heterocycles. The summed E-state index contributed by atoms with van der Waals surface area (Å²) in [7, 11) is 0. The fourth-order valence-corrected chi connectivity index (χ4v) is 3.79. The van der Waals surface area contributed by atoms with Crippen LogP contribution in [0.3, 0.4) is 0 Å². The quantitative estimate of drug-likeness (QED) is 0.681. The fraction of sp³-hybridized carbons (Fsp3) is 0.304. The number of benzene rings is 2. The number of hydrogen-bond donors (Lipinski definition) is 0. The van der Waals surface area contributed by atoms with E-state index in [2.05, 4.69) is 52.1 Å². The Labute approximate surface area is 170 Å². The summed E-state index contributed by atoms with van der Waals surface area (Å²) < 4.78 is 17.5. The van der Waals surface area contributed by atoms with Gasteiger partial charge in [0.2, 0.25) is 0 Å². The zero-order valence-corrected chi connectivity index (χ0v) is 16.4. The van der Waals surface area contributed by atoms with Crippen molar-refractivity contribution in [1.82, 2.24) is 14.9 Å². The molecule has 1 aromatic heterocycles. The third kappa shape index (κ3) is 3.76. The third-order valence-electron chi connectivity index (χ3n) is 5.42. The van der Waals surface area contributed by atoms with Crippen molar-refractivity contribution in [2.45, 2.75) is 26.1 Å². The predicted octanol–water partition coefficient (Wildman–Crippen LogP) is 3.70. The maximum Gasteiger partial charge on any atom is 0.161 e. The highest BCUT2D eigenvalue weighted by Gasteiger charge is 2.23. The minimum Gasteiger partial charge on any atom is -0.492 e. The normalized spacial score (nSPS) is 18.4. The SMILES string of the molecule is CC1COc2ccc(-c3cncnc3)cc2CN1Cc1ccc2c(c1)OCCO2. The summed E-state index contributed by atoms with van der Waals surface area (Å²) in [6.07, 6.45) is 5.22.